The van der Waals surface area contributed by atoms with Crippen molar-refractivity contribution < 1.29 is 13.2 Å². The summed E-state index contributed by atoms with van der Waals surface area (Å²) >= 11 is 1.10. The Morgan fingerprint density at radius 2 is 2.13 bits per heavy atom. The molecule has 0 radical (unpaired) electrons. The number of halogens is 3. The molecule has 1 N–H and O–H groups in total. The molecule has 1 rings (SSSR count). The fraction of sp³-hybridized carbons (Fsp3) is 0.750. The maximum atomic E-state index is 11.9. The summed E-state index contributed by atoms with van der Waals surface area (Å²) in [5.74, 6) is 0.260. The molecular formula is C8H12F3N3S. The molecule has 0 amide bonds. The lowest BCUT2D eigenvalue weighted by Gasteiger charge is -2.02. The first-order chi connectivity index (χ1) is 7.01. The van der Waals surface area contributed by atoms with Crippen LogP contribution in [0.25, 0.3) is 0 Å². The van der Waals surface area contributed by atoms with Crippen molar-refractivity contribution in [1.29, 1.82) is 0 Å². The normalized spacial score (nSPS) is 11.7. The van der Waals surface area contributed by atoms with E-state index in [9.17, 15) is 13.2 Å². The van der Waals surface area contributed by atoms with Crippen LogP contribution in [-0.4, -0.2) is 22.1 Å². The van der Waals surface area contributed by atoms with E-state index in [1.54, 1.807) is 0 Å². The first kappa shape index (κ1) is 12.2. The third kappa shape index (κ3) is 4.96. The highest BCUT2D eigenvalue weighted by molar-refractivity contribution is 7.09. The molecule has 3 nitrogen and oxygen atoms in total. The Hall–Kier alpha value is -0.850. The number of nitrogens with zero attached hydrogens (tertiary/aromatic N) is 2. The maximum absolute atomic E-state index is 11.9. The van der Waals surface area contributed by atoms with Crippen molar-refractivity contribution in [2.75, 3.05) is 11.9 Å². The molecule has 0 unspecified atom stereocenters. The predicted molar refractivity (Wildman–Crippen MR) is 53.1 cm³/mol. The van der Waals surface area contributed by atoms with Crippen LogP contribution in [0.4, 0.5) is 18.3 Å². The molecule has 0 aliphatic heterocycles. The van der Waals surface area contributed by atoms with Crippen molar-refractivity contribution in [2.24, 2.45) is 0 Å². The average Bonchev–Trinajstić information content (AvgIpc) is 2.58. The fourth-order valence-corrected chi connectivity index (χ4v) is 1.55. The zero-order valence-electron chi connectivity index (χ0n) is 8.26. The first-order valence-electron chi connectivity index (χ1n) is 4.64. The van der Waals surface area contributed by atoms with Crippen LogP contribution >= 0.6 is 11.5 Å². The third-order valence-corrected chi connectivity index (χ3v) is 2.34. The van der Waals surface area contributed by atoms with Gasteiger partial charge in [-0.15, -0.1) is 0 Å². The number of hydrogen-bond donors (Lipinski definition) is 1. The van der Waals surface area contributed by atoms with Crippen molar-refractivity contribution in [3.8, 4) is 0 Å². The molecule has 0 atom stereocenters. The predicted octanol–water partition coefficient (Wildman–Crippen LogP) is 2.85. The van der Waals surface area contributed by atoms with Gasteiger partial charge in [0, 0.05) is 24.5 Å². The second kappa shape index (κ2) is 5.29. The third-order valence-electron chi connectivity index (χ3n) is 1.63. The van der Waals surface area contributed by atoms with Gasteiger partial charge in [0.2, 0.25) is 5.13 Å². The molecule has 7 heteroatoms. The summed E-state index contributed by atoms with van der Waals surface area (Å²) in [6.07, 6.45) is -4.20. The molecule has 0 aromatic carbocycles. The highest BCUT2D eigenvalue weighted by Gasteiger charge is 2.27. The lowest BCUT2D eigenvalue weighted by molar-refractivity contribution is -0.134. The molecule has 0 fully saturated rings. The Balaban J connectivity index is 2.39. The minimum Gasteiger partial charge on any atom is -0.360 e. The second-order valence-corrected chi connectivity index (χ2v) is 3.81. The van der Waals surface area contributed by atoms with Gasteiger partial charge in [-0.1, -0.05) is 6.92 Å². The molecule has 0 bridgehead atoms. The Morgan fingerprint density at radius 3 is 2.73 bits per heavy atom. The van der Waals surface area contributed by atoms with E-state index >= 15 is 0 Å². The van der Waals surface area contributed by atoms with Crippen molar-refractivity contribution in [3.05, 3.63) is 5.82 Å². The molecular weight excluding hydrogens is 227 g/mol. The van der Waals surface area contributed by atoms with Crippen LogP contribution in [0.5, 0.6) is 0 Å². The van der Waals surface area contributed by atoms with E-state index in [1.165, 1.54) is 0 Å². The van der Waals surface area contributed by atoms with Crippen molar-refractivity contribution >= 4 is 16.7 Å². The number of aromatic nitrogens is 2. The number of anilines is 1. The van der Waals surface area contributed by atoms with E-state index in [2.05, 4.69) is 14.7 Å². The van der Waals surface area contributed by atoms with Gasteiger partial charge in [0.15, 0.2) is 0 Å². The number of aryl methyl sites for hydroxylation is 1. The lowest BCUT2D eigenvalue weighted by Crippen LogP contribution is -2.09. The molecule has 0 aliphatic carbocycles. The van der Waals surface area contributed by atoms with Crippen LogP contribution in [-0.2, 0) is 6.42 Å². The molecule has 1 aromatic rings. The fourth-order valence-electron chi connectivity index (χ4n) is 0.913. The summed E-state index contributed by atoms with van der Waals surface area (Å²) in [7, 11) is 0. The molecule has 1 heterocycles. The number of rotatable bonds is 5. The summed E-state index contributed by atoms with van der Waals surface area (Å²) in [6.45, 7) is 2.76. The number of alkyl halides is 3. The first-order valence-corrected chi connectivity index (χ1v) is 5.42. The summed E-state index contributed by atoms with van der Waals surface area (Å²) in [5.41, 5.74) is 0. The summed E-state index contributed by atoms with van der Waals surface area (Å²) in [6, 6.07) is 0. The minimum atomic E-state index is -4.14. The molecule has 0 saturated heterocycles. The van der Waals surface area contributed by atoms with Gasteiger partial charge in [-0.25, -0.2) is 4.98 Å². The van der Waals surface area contributed by atoms with Crippen molar-refractivity contribution in [2.45, 2.75) is 32.4 Å². The highest BCUT2D eigenvalue weighted by atomic mass is 32.1. The molecule has 1 aromatic heterocycles. The Bertz CT molecular complexity index is 298. The highest BCUT2D eigenvalue weighted by Crippen LogP contribution is 2.22. The number of hydrogen-bond acceptors (Lipinski definition) is 4. The van der Waals surface area contributed by atoms with Crippen molar-refractivity contribution in [1.82, 2.24) is 9.36 Å². The molecule has 0 saturated carbocycles. The van der Waals surface area contributed by atoms with Crippen LogP contribution in [0.1, 0.15) is 25.6 Å². The average molecular weight is 239 g/mol. The summed E-state index contributed by atoms with van der Waals surface area (Å²) < 4.78 is 39.5. The van der Waals surface area contributed by atoms with Gasteiger partial charge < -0.3 is 5.32 Å². The smallest absolute Gasteiger partial charge is 0.360 e. The zero-order valence-corrected chi connectivity index (χ0v) is 9.08. The van der Waals surface area contributed by atoms with Gasteiger partial charge >= 0.3 is 6.18 Å². The Labute approximate surface area is 89.9 Å². The standard InChI is InChI=1S/C8H12F3N3S/c1-2-5-12-7-13-6(14-15-7)3-4-8(9,10)11/h2-5H2,1H3,(H,12,13,14). The number of nitrogens with one attached hydrogen (secondary N) is 1. The molecule has 0 spiro atoms. The van der Waals surface area contributed by atoms with E-state index < -0.39 is 12.6 Å². The maximum Gasteiger partial charge on any atom is 0.389 e. The molecule has 15 heavy (non-hydrogen) atoms. The summed E-state index contributed by atoms with van der Waals surface area (Å²) in [4.78, 5) is 3.95. The van der Waals surface area contributed by atoms with Crippen LogP contribution in [0.15, 0.2) is 0 Å². The van der Waals surface area contributed by atoms with Gasteiger partial charge in [-0.05, 0) is 6.42 Å². The molecule has 0 aliphatic rings. The topological polar surface area (TPSA) is 37.8 Å². The van der Waals surface area contributed by atoms with Crippen molar-refractivity contribution in [3.63, 3.8) is 0 Å². The van der Waals surface area contributed by atoms with Gasteiger partial charge in [0.05, 0.1) is 6.42 Å². The van der Waals surface area contributed by atoms with Gasteiger partial charge in [-0.3, -0.25) is 0 Å². The van der Waals surface area contributed by atoms with Gasteiger partial charge in [0.25, 0.3) is 0 Å². The van der Waals surface area contributed by atoms with E-state index in [0.717, 1.165) is 24.5 Å². The molecule has 86 valence electrons. The summed E-state index contributed by atoms with van der Waals surface area (Å²) in [5, 5.41) is 3.57. The van der Waals surface area contributed by atoms with Crippen LogP contribution < -0.4 is 5.32 Å². The SMILES string of the molecule is CCCNc1nc(CCC(F)(F)F)ns1. The van der Waals surface area contributed by atoms with E-state index in [-0.39, 0.29) is 12.2 Å². The van der Waals surface area contributed by atoms with Crippen LogP contribution in [0, 0.1) is 0 Å². The van der Waals surface area contributed by atoms with E-state index in [0.29, 0.717) is 5.13 Å². The van der Waals surface area contributed by atoms with E-state index in [1.807, 2.05) is 6.92 Å². The largest absolute Gasteiger partial charge is 0.389 e. The zero-order chi connectivity index (χ0) is 11.3. The minimum absolute atomic E-state index is 0.145. The van der Waals surface area contributed by atoms with Gasteiger partial charge in [0.1, 0.15) is 5.82 Å². The van der Waals surface area contributed by atoms with Crippen LogP contribution in [0.3, 0.4) is 0 Å². The Morgan fingerprint density at radius 1 is 1.40 bits per heavy atom. The Kier molecular flexibility index (Phi) is 4.31. The quantitative estimate of drug-likeness (QED) is 0.858. The van der Waals surface area contributed by atoms with E-state index in [4.69, 9.17) is 0 Å². The lowest BCUT2D eigenvalue weighted by atomic mass is 10.3. The monoisotopic (exact) mass is 239 g/mol. The van der Waals surface area contributed by atoms with Gasteiger partial charge in [-0.2, -0.15) is 17.5 Å². The van der Waals surface area contributed by atoms with Crippen LogP contribution in [0.2, 0.25) is 0 Å². The second-order valence-electron chi connectivity index (χ2n) is 3.06.